The number of hydrogen-bond acceptors (Lipinski definition) is 6. The molecule has 2 atom stereocenters. The van der Waals surface area contributed by atoms with Gasteiger partial charge in [-0.3, -0.25) is 9.59 Å². The lowest BCUT2D eigenvalue weighted by atomic mass is 9.88. The Morgan fingerprint density at radius 1 is 1.26 bits per heavy atom. The van der Waals surface area contributed by atoms with Crippen molar-refractivity contribution in [2.24, 2.45) is 0 Å². The van der Waals surface area contributed by atoms with E-state index in [2.05, 4.69) is 15.6 Å². The molecule has 0 unspecified atom stereocenters. The van der Waals surface area contributed by atoms with Gasteiger partial charge in [-0.1, -0.05) is 29.8 Å². The SMILES string of the molecule is N#Cc1ccnc(N2[C@H](C(=O)N[C@H](C(=O)NC3CC(F)(F)C3)c3ccccc3Cl)CCS2(=O)=O)c1. The fourth-order valence-corrected chi connectivity index (χ4v) is 6.03. The van der Waals surface area contributed by atoms with E-state index in [0.29, 0.717) is 0 Å². The first-order valence-corrected chi connectivity index (χ1v) is 12.6. The fourth-order valence-electron chi connectivity index (χ4n) is 4.10. The van der Waals surface area contributed by atoms with E-state index in [9.17, 15) is 26.8 Å². The van der Waals surface area contributed by atoms with Crippen LogP contribution < -0.4 is 14.9 Å². The smallest absolute Gasteiger partial charge is 0.252 e. The lowest BCUT2D eigenvalue weighted by molar-refractivity contribution is -0.134. The van der Waals surface area contributed by atoms with Gasteiger partial charge in [-0.15, -0.1) is 0 Å². The van der Waals surface area contributed by atoms with Crippen LogP contribution in [0.3, 0.4) is 0 Å². The largest absolute Gasteiger partial charge is 0.351 e. The van der Waals surface area contributed by atoms with E-state index in [1.807, 2.05) is 6.07 Å². The first kappa shape index (κ1) is 24.8. The summed E-state index contributed by atoms with van der Waals surface area (Å²) in [5.74, 6) is -4.84. The predicted octanol–water partition coefficient (Wildman–Crippen LogP) is 2.29. The van der Waals surface area contributed by atoms with Crippen LogP contribution in [0.15, 0.2) is 42.6 Å². The van der Waals surface area contributed by atoms with Crippen LogP contribution in [0, 0.1) is 11.3 Å². The molecular formula is C22H20ClF2N5O4S. The average Bonchev–Trinajstić information content (AvgIpc) is 3.11. The molecule has 1 aliphatic heterocycles. The van der Waals surface area contributed by atoms with Gasteiger partial charge in [-0.05, 0) is 24.6 Å². The third-order valence-corrected chi connectivity index (χ3v) is 7.97. The van der Waals surface area contributed by atoms with Crippen molar-refractivity contribution >= 4 is 39.3 Å². The number of anilines is 1. The molecule has 0 radical (unpaired) electrons. The maximum absolute atomic E-state index is 13.3. The van der Waals surface area contributed by atoms with E-state index in [0.717, 1.165) is 4.31 Å². The summed E-state index contributed by atoms with van der Waals surface area (Å²) >= 11 is 6.24. The van der Waals surface area contributed by atoms with Gasteiger partial charge in [0.1, 0.15) is 17.9 Å². The van der Waals surface area contributed by atoms with Gasteiger partial charge in [-0.25, -0.2) is 26.5 Å². The number of aromatic nitrogens is 1. The van der Waals surface area contributed by atoms with Gasteiger partial charge in [0.25, 0.3) is 5.92 Å². The summed E-state index contributed by atoms with van der Waals surface area (Å²) in [7, 11) is -3.92. The molecule has 2 N–H and O–H groups in total. The zero-order valence-electron chi connectivity index (χ0n) is 18.1. The van der Waals surface area contributed by atoms with Crippen molar-refractivity contribution in [3.63, 3.8) is 0 Å². The molecule has 35 heavy (non-hydrogen) atoms. The third-order valence-electron chi connectivity index (χ3n) is 5.84. The monoisotopic (exact) mass is 523 g/mol. The fraction of sp³-hybridized carbons (Fsp3) is 0.364. The van der Waals surface area contributed by atoms with Crippen molar-refractivity contribution in [3.05, 3.63) is 58.7 Å². The summed E-state index contributed by atoms with van der Waals surface area (Å²) < 4.78 is 52.8. The molecule has 1 saturated carbocycles. The van der Waals surface area contributed by atoms with Crippen LogP contribution in [-0.4, -0.2) is 49.0 Å². The van der Waals surface area contributed by atoms with Gasteiger partial charge in [0, 0.05) is 35.7 Å². The Bertz CT molecular complexity index is 1310. The lowest BCUT2D eigenvalue weighted by Gasteiger charge is -2.36. The molecular weight excluding hydrogens is 504 g/mol. The number of rotatable bonds is 6. The number of benzene rings is 1. The number of halogens is 3. The molecule has 2 amide bonds. The van der Waals surface area contributed by atoms with Crippen LogP contribution in [0.25, 0.3) is 0 Å². The average molecular weight is 524 g/mol. The second-order valence-electron chi connectivity index (χ2n) is 8.36. The molecule has 1 saturated heterocycles. The van der Waals surface area contributed by atoms with Crippen molar-refractivity contribution in [2.75, 3.05) is 10.1 Å². The van der Waals surface area contributed by atoms with Gasteiger partial charge in [0.15, 0.2) is 0 Å². The summed E-state index contributed by atoms with van der Waals surface area (Å²) in [5.41, 5.74) is 0.380. The Morgan fingerprint density at radius 2 is 1.97 bits per heavy atom. The number of nitrogens with zero attached hydrogens (tertiary/aromatic N) is 3. The highest BCUT2D eigenvalue weighted by Crippen LogP contribution is 2.38. The number of pyridine rings is 1. The van der Waals surface area contributed by atoms with Gasteiger partial charge in [0.2, 0.25) is 21.8 Å². The Hall–Kier alpha value is -3.30. The number of alkyl halides is 2. The highest BCUT2D eigenvalue weighted by Gasteiger charge is 2.47. The molecule has 2 aromatic rings. The molecule has 9 nitrogen and oxygen atoms in total. The molecule has 4 rings (SSSR count). The van der Waals surface area contributed by atoms with Gasteiger partial charge in [0.05, 0.1) is 17.4 Å². The van der Waals surface area contributed by atoms with E-state index >= 15 is 0 Å². The molecule has 0 bridgehead atoms. The summed E-state index contributed by atoms with van der Waals surface area (Å²) in [6.07, 6.45) is 0.137. The Morgan fingerprint density at radius 3 is 2.63 bits per heavy atom. The first-order chi connectivity index (χ1) is 16.5. The van der Waals surface area contributed by atoms with E-state index in [1.165, 1.54) is 30.5 Å². The number of carbonyl (C=O) groups is 2. The van der Waals surface area contributed by atoms with Gasteiger partial charge in [-0.2, -0.15) is 5.26 Å². The molecule has 2 aliphatic rings. The molecule has 0 spiro atoms. The zero-order chi connectivity index (χ0) is 25.4. The van der Waals surface area contributed by atoms with Crippen LogP contribution in [0.2, 0.25) is 5.02 Å². The summed E-state index contributed by atoms with van der Waals surface area (Å²) in [6, 6.07) is 7.39. The third kappa shape index (κ3) is 5.21. The Labute approximate surface area is 205 Å². The van der Waals surface area contributed by atoms with E-state index in [1.54, 1.807) is 12.1 Å². The van der Waals surface area contributed by atoms with E-state index in [4.69, 9.17) is 16.9 Å². The highest BCUT2D eigenvalue weighted by atomic mass is 35.5. The Balaban J connectivity index is 1.61. The molecule has 2 heterocycles. The normalized spacial score (nSPS) is 21.4. The Kier molecular flexibility index (Phi) is 6.66. The second kappa shape index (κ2) is 9.39. The predicted molar refractivity (Wildman–Crippen MR) is 122 cm³/mol. The molecule has 2 fully saturated rings. The summed E-state index contributed by atoms with van der Waals surface area (Å²) in [5, 5.41) is 14.3. The van der Waals surface area contributed by atoms with Crippen molar-refractivity contribution in [3.8, 4) is 6.07 Å². The number of amides is 2. The van der Waals surface area contributed by atoms with Gasteiger partial charge >= 0.3 is 0 Å². The number of nitriles is 1. The maximum Gasteiger partial charge on any atom is 0.252 e. The van der Waals surface area contributed by atoms with Crippen LogP contribution in [0.4, 0.5) is 14.6 Å². The maximum atomic E-state index is 13.3. The molecule has 1 aromatic carbocycles. The summed E-state index contributed by atoms with van der Waals surface area (Å²) in [4.78, 5) is 30.3. The summed E-state index contributed by atoms with van der Waals surface area (Å²) in [6.45, 7) is 0. The molecule has 13 heteroatoms. The van der Waals surface area contributed by atoms with Crippen molar-refractivity contribution in [2.45, 2.75) is 43.3 Å². The van der Waals surface area contributed by atoms with Crippen LogP contribution in [0.5, 0.6) is 0 Å². The first-order valence-electron chi connectivity index (χ1n) is 10.6. The molecule has 1 aromatic heterocycles. The minimum Gasteiger partial charge on any atom is -0.351 e. The van der Waals surface area contributed by atoms with Crippen molar-refractivity contribution < 1.29 is 26.8 Å². The van der Waals surface area contributed by atoms with Crippen molar-refractivity contribution in [1.29, 1.82) is 5.26 Å². The van der Waals surface area contributed by atoms with E-state index in [-0.39, 0.29) is 34.1 Å². The number of hydrogen-bond donors (Lipinski definition) is 2. The number of sulfonamides is 1. The van der Waals surface area contributed by atoms with Crippen LogP contribution >= 0.6 is 11.6 Å². The minimum absolute atomic E-state index is 0.0850. The highest BCUT2D eigenvalue weighted by molar-refractivity contribution is 7.93. The molecule has 1 aliphatic carbocycles. The van der Waals surface area contributed by atoms with Crippen LogP contribution in [-0.2, 0) is 19.6 Å². The van der Waals surface area contributed by atoms with Gasteiger partial charge < -0.3 is 10.6 Å². The standard InChI is InChI=1S/C22H20ClF2N5O4S/c23-16-4-2-1-3-15(16)19(21(32)28-14-10-22(24,25)11-14)29-20(31)17-6-8-35(33,34)30(17)18-9-13(12-26)5-7-27-18/h1-5,7,9,14,17,19H,6,8,10-11H2,(H,28,32)(H,29,31)/t17-,19-/m0/s1. The van der Waals surface area contributed by atoms with E-state index < -0.39 is 58.7 Å². The number of carbonyl (C=O) groups excluding carboxylic acids is 2. The van der Waals surface area contributed by atoms with Crippen molar-refractivity contribution in [1.82, 2.24) is 15.6 Å². The zero-order valence-corrected chi connectivity index (χ0v) is 19.7. The number of nitrogens with one attached hydrogen (secondary N) is 2. The lowest BCUT2D eigenvalue weighted by Crippen LogP contribution is -2.54. The quantitative estimate of drug-likeness (QED) is 0.597. The second-order valence-corrected chi connectivity index (χ2v) is 10.7. The minimum atomic E-state index is -3.92. The topological polar surface area (TPSA) is 132 Å². The molecule has 184 valence electrons. The van der Waals surface area contributed by atoms with Crippen LogP contribution in [0.1, 0.15) is 36.4 Å².